The van der Waals surface area contributed by atoms with E-state index in [-0.39, 0.29) is 6.10 Å². The maximum Gasteiger partial charge on any atom is 0.222 e. The number of aliphatic hydroxyl groups excluding tert-OH is 1. The number of nitrogens with zero attached hydrogens (tertiary/aromatic N) is 1. The number of carbonyl (C=O) groups is 1. The van der Waals surface area contributed by atoms with E-state index in [1.807, 2.05) is 0 Å². The van der Waals surface area contributed by atoms with Crippen LogP contribution < -0.4 is 0 Å². The van der Waals surface area contributed by atoms with Gasteiger partial charge in [-0.1, -0.05) is 32.4 Å². The molecule has 0 aromatic carbocycles. The molecule has 180 valence electrons. The van der Waals surface area contributed by atoms with Crippen molar-refractivity contribution in [2.45, 2.75) is 117 Å². The number of amides is 1. The molecule has 3 heteroatoms. The van der Waals surface area contributed by atoms with Gasteiger partial charge in [-0.15, -0.1) is 0 Å². The summed E-state index contributed by atoms with van der Waals surface area (Å²) >= 11 is 0. The molecule has 9 atom stereocenters. The topological polar surface area (TPSA) is 40.5 Å². The lowest BCUT2D eigenvalue weighted by atomic mass is 9.47. The van der Waals surface area contributed by atoms with Crippen molar-refractivity contribution in [3.05, 3.63) is 11.6 Å². The quantitative estimate of drug-likeness (QED) is 0.516. The normalized spacial score (nSPS) is 46.8. The summed E-state index contributed by atoms with van der Waals surface area (Å²) in [7, 11) is 0. The Morgan fingerprint density at radius 1 is 1.16 bits per heavy atom. The summed E-state index contributed by atoms with van der Waals surface area (Å²) in [5.74, 6) is 4.34. The molecule has 32 heavy (non-hydrogen) atoms. The Morgan fingerprint density at radius 2 is 1.97 bits per heavy atom. The van der Waals surface area contributed by atoms with Crippen LogP contribution >= 0.6 is 0 Å². The summed E-state index contributed by atoms with van der Waals surface area (Å²) in [4.78, 5) is 15.0. The highest BCUT2D eigenvalue weighted by molar-refractivity contribution is 5.76. The maximum absolute atomic E-state index is 12.8. The van der Waals surface area contributed by atoms with Gasteiger partial charge < -0.3 is 10.0 Å². The van der Waals surface area contributed by atoms with E-state index in [0.717, 1.165) is 55.9 Å². The van der Waals surface area contributed by atoms with Crippen molar-refractivity contribution in [1.29, 1.82) is 0 Å². The van der Waals surface area contributed by atoms with Gasteiger partial charge in [0.2, 0.25) is 5.91 Å². The van der Waals surface area contributed by atoms with Gasteiger partial charge >= 0.3 is 0 Å². The first-order valence-electron chi connectivity index (χ1n) is 13.9. The third-order valence-corrected chi connectivity index (χ3v) is 11.5. The van der Waals surface area contributed by atoms with Crippen molar-refractivity contribution in [3.63, 3.8) is 0 Å². The van der Waals surface area contributed by atoms with Gasteiger partial charge in [-0.2, -0.15) is 0 Å². The first kappa shape index (κ1) is 22.9. The highest BCUT2D eigenvalue weighted by Crippen LogP contribution is 2.67. The Hall–Kier alpha value is -0.830. The summed E-state index contributed by atoms with van der Waals surface area (Å²) in [6.07, 6.45) is 16.5. The van der Waals surface area contributed by atoms with Crippen LogP contribution in [0.3, 0.4) is 0 Å². The van der Waals surface area contributed by atoms with Gasteiger partial charge in [0.25, 0.3) is 0 Å². The second-order valence-corrected chi connectivity index (χ2v) is 13.0. The van der Waals surface area contributed by atoms with Crippen LogP contribution in [0.4, 0.5) is 0 Å². The number of aliphatic hydroxyl groups is 1. The summed E-state index contributed by atoms with van der Waals surface area (Å²) in [5, 5.41) is 10.3. The average Bonchev–Trinajstić information content (AvgIpc) is 3.35. The van der Waals surface area contributed by atoms with E-state index >= 15 is 0 Å². The van der Waals surface area contributed by atoms with E-state index in [1.165, 1.54) is 51.4 Å². The summed E-state index contributed by atoms with van der Waals surface area (Å²) in [6.45, 7) is 10.8. The van der Waals surface area contributed by atoms with E-state index in [4.69, 9.17) is 0 Å². The number of hydrogen-bond acceptors (Lipinski definition) is 2. The number of hydrogen-bond donors (Lipinski definition) is 1. The van der Waals surface area contributed by atoms with Crippen molar-refractivity contribution in [2.75, 3.05) is 6.54 Å². The number of allylic oxidation sites excluding steroid dienone is 1. The molecule has 1 heterocycles. The van der Waals surface area contributed by atoms with Crippen LogP contribution in [0.5, 0.6) is 0 Å². The second-order valence-electron chi connectivity index (χ2n) is 13.0. The van der Waals surface area contributed by atoms with Gasteiger partial charge in [0.05, 0.1) is 6.10 Å². The molecule has 0 aromatic heterocycles. The number of carbonyl (C=O) groups excluding carboxylic acids is 1. The SMILES string of the molecule is CC(CCC(=O)N1CCCC1C)[C@H]1CC[C@H]2[C@@H]3CC=C4C[C@@H](O)CC[C@]4(C)[C@H]3CC[C@]12C. The lowest BCUT2D eigenvalue weighted by Gasteiger charge is -2.58. The molecule has 0 spiro atoms. The third kappa shape index (κ3) is 3.60. The van der Waals surface area contributed by atoms with Gasteiger partial charge in [0, 0.05) is 19.0 Å². The number of rotatable bonds is 4. The van der Waals surface area contributed by atoms with Crippen molar-refractivity contribution in [3.8, 4) is 0 Å². The molecule has 1 N–H and O–H groups in total. The molecule has 4 aliphatic carbocycles. The molecule has 5 aliphatic rings. The lowest BCUT2D eigenvalue weighted by Crippen LogP contribution is -2.50. The first-order chi connectivity index (χ1) is 15.2. The smallest absolute Gasteiger partial charge is 0.222 e. The van der Waals surface area contributed by atoms with E-state index in [9.17, 15) is 9.90 Å². The van der Waals surface area contributed by atoms with Gasteiger partial charge in [-0.3, -0.25) is 4.79 Å². The van der Waals surface area contributed by atoms with Crippen LogP contribution in [0.15, 0.2) is 11.6 Å². The van der Waals surface area contributed by atoms with E-state index in [1.54, 1.807) is 5.57 Å². The first-order valence-corrected chi connectivity index (χ1v) is 13.9. The van der Waals surface area contributed by atoms with E-state index in [0.29, 0.717) is 28.7 Å². The van der Waals surface area contributed by atoms with Crippen LogP contribution in [0.2, 0.25) is 0 Å². The Balaban J connectivity index is 1.26. The standard InChI is InChI=1S/C29H47NO2/c1-19(7-12-27(32)30-17-5-6-20(30)2)24-10-11-25-23-9-8-21-18-22(31)13-15-28(21,3)26(23)14-16-29(24,25)4/h8,19-20,22-26,31H,5-7,9-18H2,1-4H3/t19?,20?,22-,23-,24+,25-,26-,28-,29+/m0/s1. The van der Waals surface area contributed by atoms with Gasteiger partial charge in [0.15, 0.2) is 0 Å². The summed E-state index contributed by atoms with van der Waals surface area (Å²) in [6, 6.07) is 0.452. The number of likely N-dealkylation sites (tertiary alicyclic amines) is 1. The fourth-order valence-corrected chi connectivity index (χ4v) is 9.62. The van der Waals surface area contributed by atoms with E-state index in [2.05, 4.69) is 38.7 Å². The maximum atomic E-state index is 12.8. The van der Waals surface area contributed by atoms with Gasteiger partial charge in [0.1, 0.15) is 0 Å². The van der Waals surface area contributed by atoms with Crippen LogP contribution in [0.25, 0.3) is 0 Å². The monoisotopic (exact) mass is 441 g/mol. The van der Waals surface area contributed by atoms with Gasteiger partial charge in [-0.05, 0) is 118 Å². The zero-order valence-electron chi connectivity index (χ0n) is 21.1. The second kappa shape index (κ2) is 8.43. The fraction of sp³-hybridized carbons (Fsp3) is 0.897. The Morgan fingerprint density at radius 3 is 2.72 bits per heavy atom. The molecule has 1 aliphatic heterocycles. The minimum absolute atomic E-state index is 0.109. The van der Waals surface area contributed by atoms with Crippen LogP contribution in [0.1, 0.15) is 105 Å². The Bertz CT molecular complexity index is 760. The van der Waals surface area contributed by atoms with Crippen molar-refractivity contribution in [1.82, 2.24) is 4.90 Å². The molecular formula is C29H47NO2. The predicted molar refractivity (Wildman–Crippen MR) is 130 cm³/mol. The van der Waals surface area contributed by atoms with Gasteiger partial charge in [-0.25, -0.2) is 0 Å². The lowest BCUT2D eigenvalue weighted by molar-refractivity contribution is -0.132. The molecule has 3 nitrogen and oxygen atoms in total. The van der Waals surface area contributed by atoms with Crippen molar-refractivity contribution >= 4 is 5.91 Å². The molecule has 1 amide bonds. The highest BCUT2D eigenvalue weighted by atomic mass is 16.3. The predicted octanol–water partition coefficient (Wildman–Crippen LogP) is 6.35. The molecule has 5 rings (SSSR count). The van der Waals surface area contributed by atoms with Crippen LogP contribution in [-0.4, -0.2) is 34.6 Å². The molecule has 2 unspecified atom stereocenters. The number of fused-ring (bicyclic) bond motifs is 5. The highest BCUT2D eigenvalue weighted by Gasteiger charge is 2.59. The van der Waals surface area contributed by atoms with Crippen molar-refractivity contribution < 1.29 is 9.90 Å². The average molecular weight is 442 g/mol. The molecule has 1 saturated heterocycles. The van der Waals surface area contributed by atoms with Crippen LogP contribution in [0, 0.1) is 40.4 Å². The molecular weight excluding hydrogens is 394 g/mol. The Kier molecular flexibility index (Phi) is 6.05. The third-order valence-electron chi connectivity index (χ3n) is 11.5. The molecule has 3 saturated carbocycles. The molecule has 4 fully saturated rings. The minimum Gasteiger partial charge on any atom is -0.393 e. The van der Waals surface area contributed by atoms with Crippen molar-refractivity contribution in [2.24, 2.45) is 40.4 Å². The largest absolute Gasteiger partial charge is 0.393 e. The van der Waals surface area contributed by atoms with E-state index < -0.39 is 0 Å². The van der Waals surface area contributed by atoms with Crippen LogP contribution in [-0.2, 0) is 4.79 Å². The molecule has 0 bridgehead atoms. The molecule has 0 radical (unpaired) electrons. The zero-order chi connectivity index (χ0) is 22.7. The Labute approximate surface area is 196 Å². The minimum atomic E-state index is -0.109. The molecule has 0 aromatic rings. The zero-order valence-corrected chi connectivity index (χ0v) is 21.1. The fourth-order valence-electron chi connectivity index (χ4n) is 9.62. The summed E-state index contributed by atoms with van der Waals surface area (Å²) < 4.78 is 0. The summed E-state index contributed by atoms with van der Waals surface area (Å²) in [5.41, 5.74) is 2.38.